The Labute approximate surface area is 117 Å². The quantitative estimate of drug-likeness (QED) is 0.509. The summed E-state index contributed by atoms with van der Waals surface area (Å²) < 4.78 is 0.625. The van der Waals surface area contributed by atoms with Crippen molar-refractivity contribution in [1.82, 2.24) is 0 Å². The first-order chi connectivity index (χ1) is 8.20. The molecule has 1 atom stereocenters. The maximum atomic E-state index is 2.50. The largest absolute Gasteiger partial charge is 0.0774 e. The summed E-state index contributed by atoms with van der Waals surface area (Å²) in [4.78, 5) is 0. The highest BCUT2D eigenvalue weighted by atomic mass is 127. The van der Waals surface area contributed by atoms with Crippen LogP contribution in [0.25, 0.3) is 11.1 Å². The molecule has 0 bridgehead atoms. The Morgan fingerprint density at radius 1 is 0.882 bits per heavy atom. The molecule has 0 saturated carbocycles. The van der Waals surface area contributed by atoms with Gasteiger partial charge in [0.25, 0.3) is 0 Å². The molecular formula is C16H17I. The van der Waals surface area contributed by atoms with Crippen molar-refractivity contribution in [2.75, 3.05) is 0 Å². The van der Waals surface area contributed by atoms with Gasteiger partial charge < -0.3 is 0 Å². The fourth-order valence-corrected chi connectivity index (χ4v) is 2.28. The molecule has 2 rings (SSSR count). The van der Waals surface area contributed by atoms with E-state index in [1.807, 2.05) is 0 Å². The molecular weight excluding hydrogens is 319 g/mol. The van der Waals surface area contributed by atoms with Gasteiger partial charge in [-0.2, -0.15) is 0 Å². The molecule has 0 N–H and O–H groups in total. The number of hydrogen-bond acceptors (Lipinski definition) is 0. The summed E-state index contributed by atoms with van der Waals surface area (Å²) in [7, 11) is 0. The molecule has 17 heavy (non-hydrogen) atoms. The SMILES string of the molecule is CCC(I)c1ccc(-c2ccc(C)cc2)cc1. The maximum absolute atomic E-state index is 2.50. The minimum atomic E-state index is 0.625. The second-order valence-corrected chi connectivity index (χ2v) is 5.87. The summed E-state index contributed by atoms with van der Waals surface area (Å²) in [5.74, 6) is 0. The molecule has 1 unspecified atom stereocenters. The van der Waals surface area contributed by atoms with Crippen LogP contribution < -0.4 is 0 Å². The standard InChI is InChI=1S/C16H17I/c1-3-16(17)15-10-8-14(9-11-15)13-6-4-12(2)5-7-13/h4-11,16H,3H2,1-2H3. The second-order valence-electron chi connectivity index (χ2n) is 4.36. The first-order valence-corrected chi connectivity index (χ1v) is 7.26. The van der Waals surface area contributed by atoms with Gasteiger partial charge in [0.15, 0.2) is 0 Å². The van der Waals surface area contributed by atoms with Gasteiger partial charge in [-0.05, 0) is 30.0 Å². The topological polar surface area (TPSA) is 0 Å². The van der Waals surface area contributed by atoms with Crippen molar-refractivity contribution >= 4 is 22.6 Å². The average Bonchev–Trinajstić information content (AvgIpc) is 2.39. The van der Waals surface area contributed by atoms with E-state index in [-0.39, 0.29) is 0 Å². The molecule has 0 aliphatic rings. The molecule has 0 heterocycles. The lowest BCUT2D eigenvalue weighted by molar-refractivity contribution is 0.928. The third-order valence-corrected chi connectivity index (χ3v) is 4.62. The second kappa shape index (κ2) is 5.67. The van der Waals surface area contributed by atoms with E-state index in [9.17, 15) is 0 Å². The van der Waals surface area contributed by atoms with E-state index in [4.69, 9.17) is 0 Å². The Balaban J connectivity index is 2.26. The zero-order valence-electron chi connectivity index (χ0n) is 10.3. The summed E-state index contributed by atoms with van der Waals surface area (Å²) in [5.41, 5.74) is 5.32. The van der Waals surface area contributed by atoms with E-state index in [0.717, 1.165) is 0 Å². The smallest absolute Gasteiger partial charge is 0.0356 e. The molecule has 2 aromatic rings. The van der Waals surface area contributed by atoms with E-state index in [2.05, 4.69) is 85.0 Å². The van der Waals surface area contributed by atoms with E-state index >= 15 is 0 Å². The Morgan fingerprint density at radius 3 is 1.82 bits per heavy atom. The summed E-state index contributed by atoms with van der Waals surface area (Å²) in [6, 6.07) is 17.6. The highest BCUT2D eigenvalue weighted by Crippen LogP contribution is 2.28. The minimum absolute atomic E-state index is 0.625. The molecule has 0 spiro atoms. The fraction of sp³-hybridized carbons (Fsp3) is 0.250. The third kappa shape index (κ3) is 3.09. The Hall–Kier alpha value is -0.830. The van der Waals surface area contributed by atoms with Gasteiger partial charge in [0, 0.05) is 3.92 Å². The molecule has 88 valence electrons. The van der Waals surface area contributed by atoms with Gasteiger partial charge in [-0.25, -0.2) is 0 Å². The molecule has 0 fully saturated rings. The van der Waals surface area contributed by atoms with Crippen LogP contribution in [0.4, 0.5) is 0 Å². The van der Waals surface area contributed by atoms with Crippen molar-refractivity contribution in [1.29, 1.82) is 0 Å². The molecule has 2 aromatic carbocycles. The molecule has 0 saturated heterocycles. The molecule has 0 aromatic heterocycles. The third-order valence-electron chi connectivity index (χ3n) is 3.02. The van der Waals surface area contributed by atoms with Crippen molar-refractivity contribution in [3.05, 3.63) is 59.7 Å². The van der Waals surface area contributed by atoms with Crippen molar-refractivity contribution in [2.45, 2.75) is 24.2 Å². The first kappa shape index (κ1) is 12.6. The van der Waals surface area contributed by atoms with Crippen LogP contribution in [0, 0.1) is 6.92 Å². The zero-order chi connectivity index (χ0) is 12.3. The van der Waals surface area contributed by atoms with Crippen molar-refractivity contribution in [2.24, 2.45) is 0 Å². The predicted octanol–water partition coefficient (Wildman–Crippen LogP) is 5.55. The van der Waals surface area contributed by atoms with Crippen LogP contribution in [0.2, 0.25) is 0 Å². The van der Waals surface area contributed by atoms with Crippen molar-refractivity contribution < 1.29 is 0 Å². The van der Waals surface area contributed by atoms with Gasteiger partial charge in [0.05, 0.1) is 0 Å². The highest BCUT2D eigenvalue weighted by molar-refractivity contribution is 14.1. The van der Waals surface area contributed by atoms with Crippen LogP contribution in [0.15, 0.2) is 48.5 Å². The average molecular weight is 336 g/mol. The van der Waals surface area contributed by atoms with Crippen LogP contribution in [-0.4, -0.2) is 0 Å². The molecule has 0 aliphatic carbocycles. The van der Waals surface area contributed by atoms with Crippen LogP contribution >= 0.6 is 22.6 Å². The van der Waals surface area contributed by atoms with E-state index in [1.54, 1.807) is 0 Å². The van der Waals surface area contributed by atoms with Gasteiger partial charge in [-0.3, -0.25) is 0 Å². The number of hydrogen-bond donors (Lipinski definition) is 0. The number of benzene rings is 2. The molecule has 0 radical (unpaired) electrons. The van der Waals surface area contributed by atoms with E-state index < -0.39 is 0 Å². The Bertz CT molecular complexity index is 468. The molecule has 1 heteroatoms. The van der Waals surface area contributed by atoms with Crippen LogP contribution in [0.3, 0.4) is 0 Å². The molecule has 0 amide bonds. The Kier molecular flexibility index (Phi) is 4.21. The van der Waals surface area contributed by atoms with Gasteiger partial charge in [-0.15, -0.1) is 0 Å². The molecule has 0 nitrogen and oxygen atoms in total. The van der Waals surface area contributed by atoms with Gasteiger partial charge >= 0.3 is 0 Å². The first-order valence-electron chi connectivity index (χ1n) is 6.01. The van der Waals surface area contributed by atoms with Crippen molar-refractivity contribution in [3.63, 3.8) is 0 Å². The van der Waals surface area contributed by atoms with Gasteiger partial charge in [-0.1, -0.05) is 83.6 Å². The normalized spacial score (nSPS) is 12.4. The highest BCUT2D eigenvalue weighted by Gasteiger charge is 2.04. The Morgan fingerprint density at radius 2 is 1.35 bits per heavy atom. The van der Waals surface area contributed by atoms with E-state index in [0.29, 0.717) is 3.92 Å². The number of halogens is 1. The summed E-state index contributed by atoms with van der Waals surface area (Å²) in [6.45, 7) is 4.35. The maximum Gasteiger partial charge on any atom is 0.0356 e. The summed E-state index contributed by atoms with van der Waals surface area (Å²) in [5, 5.41) is 0. The monoisotopic (exact) mass is 336 g/mol. The lowest BCUT2D eigenvalue weighted by Crippen LogP contribution is -1.87. The zero-order valence-corrected chi connectivity index (χ0v) is 12.4. The number of aryl methyl sites for hydroxylation is 1. The van der Waals surface area contributed by atoms with E-state index in [1.165, 1.54) is 28.7 Å². The van der Waals surface area contributed by atoms with Gasteiger partial charge in [0.1, 0.15) is 0 Å². The van der Waals surface area contributed by atoms with Crippen LogP contribution in [0.1, 0.15) is 28.4 Å². The lowest BCUT2D eigenvalue weighted by Gasteiger charge is -2.08. The predicted molar refractivity (Wildman–Crippen MR) is 83.7 cm³/mol. The number of rotatable bonds is 3. The fourth-order valence-electron chi connectivity index (χ4n) is 1.87. The summed E-state index contributed by atoms with van der Waals surface area (Å²) in [6.07, 6.45) is 1.18. The van der Waals surface area contributed by atoms with Crippen LogP contribution in [-0.2, 0) is 0 Å². The molecule has 0 aliphatic heterocycles. The van der Waals surface area contributed by atoms with Gasteiger partial charge in [0.2, 0.25) is 0 Å². The number of alkyl halides is 1. The van der Waals surface area contributed by atoms with Crippen LogP contribution in [0.5, 0.6) is 0 Å². The van der Waals surface area contributed by atoms with Crippen molar-refractivity contribution in [3.8, 4) is 11.1 Å². The minimum Gasteiger partial charge on any atom is -0.0774 e. The summed E-state index contributed by atoms with van der Waals surface area (Å²) >= 11 is 2.50. The lowest BCUT2D eigenvalue weighted by atomic mass is 10.0.